The van der Waals surface area contributed by atoms with Crippen molar-refractivity contribution in [2.75, 3.05) is 5.32 Å². The van der Waals surface area contributed by atoms with Crippen molar-refractivity contribution in [2.24, 2.45) is 5.41 Å². The van der Waals surface area contributed by atoms with E-state index in [1.54, 1.807) is 6.07 Å². The van der Waals surface area contributed by atoms with Crippen LogP contribution in [0.25, 0.3) is 16.5 Å². The van der Waals surface area contributed by atoms with Crippen LogP contribution in [0.15, 0.2) is 23.0 Å². The van der Waals surface area contributed by atoms with Crippen LogP contribution in [0, 0.1) is 12.3 Å². The molecule has 0 unspecified atom stereocenters. The van der Waals surface area contributed by atoms with Crippen molar-refractivity contribution in [1.29, 1.82) is 0 Å². The van der Waals surface area contributed by atoms with Crippen LogP contribution >= 0.6 is 0 Å². The number of carbonyl (C=O) groups is 1. The summed E-state index contributed by atoms with van der Waals surface area (Å²) < 4.78 is 1.85. The normalized spacial score (nSPS) is 22.1. The lowest BCUT2D eigenvalue weighted by atomic mass is 9.75. The Labute approximate surface area is 198 Å². The van der Waals surface area contributed by atoms with Gasteiger partial charge in [-0.2, -0.15) is 5.10 Å². The maximum Gasteiger partial charge on any atom is 0.258 e. The van der Waals surface area contributed by atoms with Crippen LogP contribution in [0.4, 0.5) is 5.69 Å². The summed E-state index contributed by atoms with van der Waals surface area (Å²) in [5.41, 5.74) is 3.81. The van der Waals surface area contributed by atoms with Gasteiger partial charge in [0.05, 0.1) is 40.7 Å². The Morgan fingerprint density at radius 1 is 1.15 bits per heavy atom. The van der Waals surface area contributed by atoms with E-state index >= 15 is 0 Å². The number of carbonyl (C=O) groups excluding carboxylic acids is 1. The zero-order chi connectivity index (χ0) is 24.2. The Hall–Kier alpha value is -2.97. The fourth-order valence-corrected chi connectivity index (χ4v) is 5.56. The fraction of sp³-hybridized carbons (Fsp3) is 0.500. The number of aromatic nitrogens is 3. The monoisotopic (exact) mass is 464 g/mol. The minimum absolute atomic E-state index is 0.119. The fourth-order valence-electron chi connectivity index (χ4n) is 5.56. The second kappa shape index (κ2) is 8.36. The average Bonchev–Trinajstić information content (AvgIpc) is 3.09. The molecule has 1 fully saturated rings. The van der Waals surface area contributed by atoms with Crippen molar-refractivity contribution in [3.63, 3.8) is 0 Å². The molecule has 3 aromatic rings. The number of aliphatic hydroxyl groups is 2. The maximum absolute atomic E-state index is 13.0. The number of hydrogen-bond donors (Lipinski definition) is 4. The van der Waals surface area contributed by atoms with Crippen molar-refractivity contribution >= 4 is 22.2 Å². The van der Waals surface area contributed by atoms with Crippen LogP contribution in [-0.4, -0.2) is 42.9 Å². The van der Waals surface area contributed by atoms with E-state index in [-0.39, 0.29) is 35.5 Å². The number of aliphatic hydroxyl groups excluding tert-OH is 2. The first-order chi connectivity index (χ1) is 16.1. The topological polar surface area (TPSA) is 120 Å². The predicted octanol–water partition coefficient (Wildman–Crippen LogP) is 3.39. The molecule has 2 aliphatic carbocycles. The van der Waals surface area contributed by atoms with Crippen LogP contribution in [0.2, 0.25) is 0 Å². The molecule has 2 heterocycles. The summed E-state index contributed by atoms with van der Waals surface area (Å²) in [6, 6.07) is 5.76. The molecule has 34 heavy (non-hydrogen) atoms. The van der Waals surface area contributed by atoms with E-state index in [4.69, 9.17) is 5.10 Å². The van der Waals surface area contributed by atoms with Crippen molar-refractivity contribution in [2.45, 2.75) is 78.0 Å². The Morgan fingerprint density at radius 3 is 2.59 bits per heavy atom. The average molecular weight is 465 g/mol. The quantitative estimate of drug-likeness (QED) is 0.470. The first-order valence-electron chi connectivity index (χ1n) is 12.0. The second-order valence-corrected chi connectivity index (χ2v) is 10.6. The molecule has 0 aliphatic heterocycles. The van der Waals surface area contributed by atoms with Gasteiger partial charge < -0.3 is 20.5 Å². The molecule has 0 amide bonds. The van der Waals surface area contributed by atoms with Gasteiger partial charge in [0, 0.05) is 23.8 Å². The number of nitrogens with one attached hydrogen (secondary N) is 2. The lowest BCUT2D eigenvalue weighted by Gasteiger charge is -2.29. The molecule has 0 bridgehead atoms. The van der Waals surface area contributed by atoms with E-state index in [2.05, 4.69) is 24.1 Å². The van der Waals surface area contributed by atoms with Crippen LogP contribution < -0.4 is 10.9 Å². The first kappa shape index (κ1) is 22.8. The Bertz CT molecular complexity index is 1330. The zero-order valence-corrected chi connectivity index (χ0v) is 19.9. The van der Waals surface area contributed by atoms with Crippen LogP contribution in [0.3, 0.4) is 0 Å². The summed E-state index contributed by atoms with van der Waals surface area (Å²) in [5.74, 6) is 0.119. The van der Waals surface area contributed by atoms with E-state index in [1.165, 1.54) is 0 Å². The summed E-state index contributed by atoms with van der Waals surface area (Å²) >= 11 is 0. The molecule has 0 spiro atoms. The molecule has 5 rings (SSSR count). The molecule has 4 N–H and O–H groups in total. The third kappa shape index (κ3) is 4.05. The lowest BCUT2D eigenvalue weighted by Crippen LogP contribution is -2.29. The molecular formula is C26H32N4O4. The SMILES string of the molecule is Cc1nn(-c2cc(N[C@H]3CC[C@H](O)CC3)c3c(=O)[nH]c(CO)cc3c2)c2c1C(=O)CC(C)(C)C2. The molecule has 2 aromatic heterocycles. The van der Waals surface area contributed by atoms with E-state index < -0.39 is 0 Å². The number of aryl methyl sites for hydroxylation is 1. The van der Waals surface area contributed by atoms with Gasteiger partial charge in [0.25, 0.3) is 5.56 Å². The van der Waals surface area contributed by atoms with Crippen molar-refractivity contribution < 1.29 is 15.0 Å². The standard InChI is InChI=1S/C26H32N4O4/c1-14-23-21(11-26(2,3)12-22(23)33)30(29-14)18-9-15-8-17(13-31)28-25(34)24(15)20(10-18)27-16-4-6-19(32)7-5-16/h8-10,16,19,27,31-32H,4-7,11-13H2,1-3H3,(H,28,34)/t16-,19-. The molecule has 8 heteroatoms. The number of anilines is 1. The molecule has 1 aromatic carbocycles. The number of ketones is 1. The van der Waals surface area contributed by atoms with Crippen molar-refractivity contribution in [1.82, 2.24) is 14.8 Å². The zero-order valence-electron chi connectivity index (χ0n) is 19.9. The highest BCUT2D eigenvalue weighted by Crippen LogP contribution is 2.38. The highest BCUT2D eigenvalue weighted by molar-refractivity contribution is 6.00. The molecule has 0 radical (unpaired) electrons. The third-order valence-electron chi connectivity index (χ3n) is 7.18. The molecule has 8 nitrogen and oxygen atoms in total. The Balaban J connectivity index is 1.68. The van der Waals surface area contributed by atoms with Gasteiger partial charge >= 0.3 is 0 Å². The highest BCUT2D eigenvalue weighted by atomic mass is 16.3. The highest BCUT2D eigenvalue weighted by Gasteiger charge is 2.36. The summed E-state index contributed by atoms with van der Waals surface area (Å²) in [5, 5.41) is 29.1. The van der Waals surface area contributed by atoms with Gasteiger partial charge in [0.15, 0.2) is 5.78 Å². The Morgan fingerprint density at radius 2 is 1.88 bits per heavy atom. The van der Waals surface area contributed by atoms with Gasteiger partial charge in [0.2, 0.25) is 0 Å². The van der Waals surface area contributed by atoms with Crippen molar-refractivity contribution in [3.8, 4) is 5.69 Å². The third-order valence-corrected chi connectivity index (χ3v) is 7.18. The predicted molar refractivity (Wildman–Crippen MR) is 131 cm³/mol. The molecule has 1 saturated carbocycles. The van der Waals surface area contributed by atoms with Gasteiger partial charge in [-0.25, -0.2) is 4.68 Å². The summed E-state index contributed by atoms with van der Waals surface area (Å²) in [7, 11) is 0. The van der Waals surface area contributed by atoms with E-state index in [1.807, 2.05) is 23.7 Å². The second-order valence-electron chi connectivity index (χ2n) is 10.6. The molecular weight excluding hydrogens is 432 g/mol. The molecule has 0 saturated heterocycles. The number of nitrogens with zero attached hydrogens (tertiary/aromatic N) is 2. The first-order valence-corrected chi connectivity index (χ1v) is 12.0. The van der Waals surface area contributed by atoms with Crippen LogP contribution in [0.5, 0.6) is 0 Å². The molecule has 0 atom stereocenters. The summed E-state index contributed by atoms with van der Waals surface area (Å²) in [6.07, 6.45) is 4.05. The van der Waals surface area contributed by atoms with Crippen LogP contribution in [-0.2, 0) is 13.0 Å². The van der Waals surface area contributed by atoms with Gasteiger partial charge in [-0.05, 0) is 68.0 Å². The van der Waals surface area contributed by atoms with E-state index in [0.717, 1.165) is 43.5 Å². The number of H-pyrrole nitrogens is 1. The number of benzene rings is 1. The summed E-state index contributed by atoms with van der Waals surface area (Å²) in [4.78, 5) is 28.6. The minimum atomic E-state index is -0.267. The van der Waals surface area contributed by atoms with Gasteiger partial charge in [-0.1, -0.05) is 13.8 Å². The number of hydrogen-bond acceptors (Lipinski definition) is 6. The van der Waals surface area contributed by atoms with Crippen LogP contribution in [0.1, 0.15) is 73.4 Å². The maximum atomic E-state index is 13.0. The largest absolute Gasteiger partial charge is 0.393 e. The summed E-state index contributed by atoms with van der Waals surface area (Å²) in [6.45, 7) is 5.79. The van der Waals surface area contributed by atoms with E-state index in [9.17, 15) is 19.8 Å². The number of pyridine rings is 1. The smallest absolute Gasteiger partial charge is 0.258 e. The number of aromatic amines is 1. The number of fused-ring (bicyclic) bond motifs is 2. The van der Waals surface area contributed by atoms with Gasteiger partial charge in [-0.15, -0.1) is 0 Å². The number of Topliss-reactive ketones (excluding diaryl/α,β-unsaturated/α-hetero) is 1. The molecule has 180 valence electrons. The number of rotatable bonds is 4. The van der Waals surface area contributed by atoms with Gasteiger partial charge in [-0.3, -0.25) is 9.59 Å². The minimum Gasteiger partial charge on any atom is -0.393 e. The van der Waals surface area contributed by atoms with Crippen molar-refractivity contribution in [3.05, 3.63) is 51.2 Å². The van der Waals surface area contributed by atoms with E-state index in [0.29, 0.717) is 39.8 Å². The molecule has 2 aliphatic rings. The lowest BCUT2D eigenvalue weighted by molar-refractivity contribution is 0.0910. The Kier molecular flexibility index (Phi) is 5.61. The van der Waals surface area contributed by atoms with Gasteiger partial charge in [0.1, 0.15) is 0 Å².